The van der Waals surface area contributed by atoms with E-state index in [1.54, 1.807) is 4.90 Å². The first-order chi connectivity index (χ1) is 16.9. The fourth-order valence-electron chi connectivity index (χ4n) is 8.42. The fraction of sp³-hybridized carbons (Fsp3) is 0.679. The zero-order valence-electron chi connectivity index (χ0n) is 21.5. The zero-order chi connectivity index (χ0) is 25.9. The maximum atomic E-state index is 13.2. The number of hydrogen-bond donors (Lipinski definition) is 3. The summed E-state index contributed by atoms with van der Waals surface area (Å²) in [6.45, 7) is 5.83. The van der Waals surface area contributed by atoms with Gasteiger partial charge in [-0.2, -0.15) is 0 Å². The van der Waals surface area contributed by atoms with Crippen molar-refractivity contribution in [2.75, 3.05) is 6.54 Å². The minimum atomic E-state index is -0.959. The molecule has 5 fully saturated rings. The summed E-state index contributed by atoms with van der Waals surface area (Å²) in [7, 11) is 0. The molecule has 1 aromatic rings. The van der Waals surface area contributed by atoms with Gasteiger partial charge in [-0.05, 0) is 95.0 Å². The highest BCUT2D eigenvalue weighted by atomic mass is 16.6. The number of hydrogen-bond acceptors (Lipinski definition) is 4. The van der Waals surface area contributed by atoms with Crippen molar-refractivity contribution in [1.29, 1.82) is 0 Å². The predicted molar refractivity (Wildman–Crippen MR) is 134 cm³/mol. The van der Waals surface area contributed by atoms with Crippen molar-refractivity contribution in [1.82, 2.24) is 10.2 Å². The first-order valence-corrected chi connectivity index (χ1v) is 13.3. The topological polar surface area (TPSA) is 122 Å². The number of rotatable bonds is 5. The van der Waals surface area contributed by atoms with Crippen LogP contribution < -0.4 is 11.1 Å². The largest absolute Gasteiger partial charge is 0.465 e. The lowest BCUT2D eigenvalue weighted by atomic mass is 9.44. The second-order valence-electron chi connectivity index (χ2n) is 12.8. The Labute approximate surface area is 212 Å². The second kappa shape index (κ2) is 8.67. The van der Waals surface area contributed by atoms with Crippen LogP contribution in [0.25, 0.3) is 0 Å². The molecule has 1 saturated heterocycles. The van der Waals surface area contributed by atoms with Gasteiger partial charge in [0.2, 0.25) is 5.91 Å². The highest BCUT2D eigenvalue weighted by molar-refractivity contribution is 5.81. The molecule has 8 heteroatoms. The van der Waals surface area contributed by atoms with Crippen molar-refractivity contribution in [2.45, 2.75) is 82.9 Å². The number of nitrogens with two attached hydrogens (primary N) is 1. The molecule has 196 valence electrons. The molecule has 4 atom stereocenters. The Bertz CT molecular complexity index is 1020. The molecule has 0 aromatic heterocycles. The van der Waals surface area contributed by atoms with Gasteiger partial charge in [0, 0.05) is 12.0 Å². The van der Waals surface area contributed by atoms with Crippen LogP contribution in [-0.2, 0) is 16.0 Å². The third-order valence-corrected chi connectivity index (χ3v) is 9.29. The predicted octanol–water partition coefficient (Wildman–Crippen LogP) is 4.17. The van der Waals surface area contributed by atoms with Crippen molar-refractivity contribution < 1.29 is 24.2 Å². The van der Waals surface area contributed by atoms with Gasteiger partial charge in [0.25, 0.3) is 0 Å². The Morgan fingerprint density at radius 2 is 1.75 bits per heavy atom. The van der Waals surface area contributed by atoms with Crippen LogP contribution in [0.15, 0.2) is 30.3 Å². The number of benzene rings is 1. The molecule has 36 heavy (non-hydrogen) atoms. The molecule has 4 unspecified atom stereocenters. The Morgan fingerprint density at radius 3 is 2.31 bits per heavy atom. The Balaban J connectivity index is 1.55. The number of alkyl carbamates (subject to hydrolysis) is 1. The molecule has 0 radical (unpaired) electrons. The SMILES string of the molecule is CC(C)(C)OC(=O)NC1(Cc2ccccc2)CCN(C(=O)O)C1C1C2CC3CC1CC(C(N)=O)(C3)C2. The fourth-order valence-corrected chi connectivity index (χ4v) is 8.42. The average Bonchev–Trinajstić information content (AvgIpc) is 3.10. The van der Waals surface area contributed by atoms with E-state index >= 15 is 0 Å². The number of primary amides is 1. The van der Waals surface area contributed by atoms with Crippen molar-refractivity contribution in [3.05, 3.63) is 35.9 Å². The minimum absolute atomic E-state index is 0.0614. The van der Waals surface area contributed by atoms with Gasteiger partial charge in [-0.15, -0.1) is 0 Å². The van der Waals surface area contributed by atoms with E-state index in [1.165, 1.54) is 0 Å². The standard InChI is InChI=1S/C28H39N3O5/c1-26(2,3)36-24(33)30-28(14-17-7-5-4-6-8-17)9-10-31(25(34)35)22(28)21-19-11-18-12-20(21)16-27(13-18,15-19)23(29)32/h4-8,18-22H,9-16H2,1-3H3,(H2,29,32)(H,30,33)(H,34,35). The summed E-state index contributed by atoms with van der Waals surface area (Å²) in [5.41, 5.74) is 5.04. The van der Waals surface area contributed by atoms with Gasteiger partial charge in [-0.1, -0.05) is 30.3 Å². The molecule has 4 N–H and O–H groups in total. The van der Waals surface area contributed by atoms with Gasteiger partial charge in [-0.3, -0.25) is 4.79 Å². The van der Waals surface area contributed by atoms with E-state index in [2.05, 4.69) is 5.32 Å². The van der Waals surface area contributed by atoms with E-state index in [0.29, 0.717) is 25.3 Å². The number of carboxylic acid groups (broad SMARTS) is 1. The van der Waals surface area contributed by atoms with E-state index in [1.807, 2.05) is 51.1 Å². The lowest BCUT2D eigenvalue weighted by Gasteiger charge is -2.62. The number of nitrogens with zero attached hydrogens (tertiary/aromatic N) is 1. The lowest BCUT2D eigenvalue weighted by molar-refractivity contribution is -0.155. The summed E-state index contributed by atoms with van der Waals surface area (Å²) in [6, 6.07) is 9.54. The van der Waals surface area contributed by atoms with E-state index in [4.69, 9.17) is 10.5 Å². The van der Waals surface area contributed by atoms with Crippen LogP contribution in [0.1, 0.15) is 64.9 Å². The Morgan fingerprint density at radius 1 is 1.11 bits per heavy atom. The van der Waals surface area contributed by atoms with E-state index in [9.17, 15) is 19.5 Å². The molecular weight excluding hydrogens is 458 g/mol. The molecule has 8 nitrogen and oxygen atoms in total. The molecule has 0 spiro atoms. The number of carbonyl (C=O) groups is 3. The molecule has 6 rings (SSSR count). The summed E-state index contributed by atoms with van der Waals surface area (Å²) in [6.07, 6.45) is 3.84. The molecule has 4 bridgehead atoms. The van der Waals surface area contributed by atoms with E-state index in [0.717, 1.165) is 37.7 Å². The smallest absolute Gasteiger partial charge is 0.408 e. The van der Waals surface area contributed by atoms with Gasteiger partial charge in [-0.25, -0.2) is 9.59 Å². The zero-order valence-corrected chi connectivity index (χ0v) is 21.5. The molecule has 1 heterocycles. The molecule has 1 aromatic carbocycles. The number of amides is 3. The minimum Gasteiger partial charge on any atom is -0.465 e. The third-order valence-electron chi connectivity index (χ3n) is 9.29. The highest BCUT2D eigenvalue weighted by Crippen LogP contribution is 2.64. The van der Waals surface area contributed by atoms with Crippen molar-refractivity contribution in [2.24, 2.45) is 34.8 Å². The van der Waals surface area contributed by atoms with Crippen LogP contribution in [0.2, 0.25) is 0 Å². The maximum Gasteiger partial charge on any atom is 0.408 e. The monoisotopic (exact) mass is 497 g/mol. The summed E-state index contributed by atoms with van der Waals surface area (Å²) < 4.78 is 5.68. The summed E-state index contributed by atoms with van der Waals surface area (Å²) >= 11 is 0. The molecule has 1 aliphatic heterocycles. The lowest BCUT2D eigenvalue weighted by Crippen LogP contribution is -2.67. The highest BCUT2D eigenvalue weighted by Gasteiger charge is 2.64. The van der Waals surface area contributed by atoms with Gasteiger partial charge in [0.15, 0.2) is 0 Å². The van der Waals surface area contributed by atoms with Crippen molar-refractivity contribution in [3.8, 4) is 0 Å². The quantitative estimate of drug-likeness (QED) is 0.564. The van der Waals surface area contributed by atoms with Crippen molar-refractivity contribution in [3.63, 3.8) is 0 Å². The van der Waals surface area contributed by atoms with Crippen LogP contribution in [0.4, 0.5) is 9.59 Å². The summed E-state index contributed by atoms with van der Waals surface area (Å²) in [5, 5.41) is 13.5. The first-order valence-electron chi connectivity index (χ1n) is 13.3. The van der Waals surface area contributed by atoms with Crippen LogP contribution in [0.3, 0.4) is 0 Å². The van der Waals surface area contributed by atoms with E-state index in [-0.39, 0.29) is 23.7 Å². The van der Waals surface area contributed by atoms with Crippen LogP contribution in [-0.4, -0.2) is 51.8 Å². The van der Waals surface area contributed by atoms with Crippen molar-refractivity contribution >= 4 is 18.1 Å². The number of nitrogens with one attached hydrogen (secondary N) is 1. The summed E-state index contributed by atoms with van der Waals surface area (Å²) in [4.78, 5) is 39.9. The van der Waals surface area contributed by atoms with Crippen LogP contribution in [0, 0.1) is 29.1 Å². The first kappa shape index (κ1) is 24.9. The van der Waals surface area contributed by atoms with Crippen LogP contribution >= 0.6 is 0 Å². The second-order valence-corrected chi connectivity index (χ2v) is 12.8. The summed E-state index contributed by atoms with van der Waals surface area (Å²) in [5.74, 6) is 0.748. The Hall–Kier alpha value is -2.77. The molecule has 4 aliphatic carbocycles. The van der Waals surface area contributed by atoms with Gasteiger partial charge in [0.05, 0.1) is 11.6 Å². The molecule has 4 saturated carbocycles. The average molecular weight is 498 g/mol. The van der Waals surface area contributed by atoms with Crippen LogP contribution in [0.5, 0.6) is 0 Å². The Kier molecular flexibility index (Phi) is 5.99. The normalized spacial score (nSPS) is 37.1. The number of ether oxygens (including phenoxy) is 1. The molecule has 3 amide bonds. The number of likely N-dealkylation sites (tertiary alicyclic amines) is 1. The molecular formula is C28H39N3O5. The number of carbonyl (C=O) groups excluding carboxylic acids is 2. The van der Waals surface area contributed by atoms with Gasteiger partial charge >= 0.3 is 12.2 Å². The molecule has 5 aliphatic rings. The van der Waals surface area contributed by atoms with Gasteiger partial charge < -0.3 is 25.8 Å². The van der Waals surface area contributed by atoms with E-state index < -0.39 is 34.8 Å². The third kappa shape index (κ3) is 4.33. The van der Waals surface area contributed by atoms with Gasteiger partial charge in [0.1, 0.15) is 5.60 Å². The maximum absolute atomic E-state index is 13.2.